The number of hydrogen-bond donors (Lipinski definition) is 3. The van der Waals surface area contributed by atoms with Crippen LogP contribution in [-0.2, 0) is 13.1 Å². The van der Waals surface area contributed by atoms with Gasteiger partial charge in [0.2, 0.25) is 0 Å². The van der Waals surface area contributed by atoms with Crippen molar-refractivity contribution in [3.8, 4) is 11.1 Å². The molecule has 9 heteroatoms. The highest BCUT2D eigenvalue weighted by molar-refractivity contribution is 5.98. The summed E-state index contributed by atoms with van der Waals surface area (Å²) in [5, 5.41) is 6.75. The summed E-state index contributed by atoms with van der Waals surface area (Å²) in [5.74, 6) is -1.48. The smallest absolute Gasteiger partial charge is 0.255 e. The third kappa shape index (κ3) is 5.20. The fourth-order valence-corrected chi connectivity index (χ4v) is 4.04. The highest BCUT2D eigenvalue weighted by Crippen LogP contribution is 2.29. The highest BCUT2D eigenvalue weighted by atomic mass is 19.2. The van der Waals surface area contributed by atoms with Gasteiger partial charge >= 0.3 is 0 Å². The monoisotopic (exact) mass is 496 g/mol. The molecule has 5 aromatic rings. The number of carbonyl (C=O) groups excluding carboxylic acids is 1. The number of carbonyl (C=O) groups is 1. The molecule has 3 aromatic carbocycles. The number of anilines is 2. The number of rotatable bonds is 7. The van der Waals surface area contributed by atoms with Crippen molar-refractivity contribution in [1.82, 2.24) is 20.3 Å². The summed E-state index contributed by atoms with van der Waals surface area (Å²) in [6, 6.07) is 20.5. The van der Waals surface area contributed by atoms with E-state index >= 15 is 0 Å². The van der Waals surface area contributed by atoms with E-state index in [1.54, 1.807) is 18.3 Å². The fourth-order valence-electron chi connectivity index (χ4n) is 4.04. The first-order chi connectivity index (χ1) is 18.0. The first-order valence-electron chi connectivity index (χ1n) is 11.5. The molecule has 0 bridgehead atoms. The minimum atomic E-state index is -0.962. The first-order valence-corrected chi connectivity index (χ1v) is 11.5. The van der Waals surface area contributed by atoms with Crippen LogP contribution in [-0.4, -0.2) is 20.9 Å². The Labute approximate surface area is 211 Å². The Bertz CT molecular complexity index is 1610. The maximum absolute atomic E-state index is 13.5. The molecule has 0 aliphatic carbocycles. The number of aromatic nitrogens is 3. The van der Waals surface area contributed by atoms with Crippen LogP contribution in [0.2, 0.25) is 0 Å². The van der Waals surface area contributed by atoms with Crippen molar-refractivity contribution in [2.24, 2.45) is 0 Å². The summed E-state index contributed by atoms with van der Waals surface area (Å²) in [6.45, 7) is 0.442. The van der Waals surface area contributed by atoms with Crippen molar-refractivity contribution in [3.05, 3.63) is 114 Å². The highest BCUT2D eigenvalue weighted by Gasteiger charge is 2.14. The van der Waals surface area contributed by atoms with Gasteiger partial charge < -0.3 is 16.4 Å². The van der Waals surface area contributed by atoms with Crippen LogP contribution in [0.1, 0.15) is 21.5 Å². The van der Waals surface area contributed by atoms with Crippen LogP contribution in [0.4, 0.5) is 20.4 Å². The molecule has 7 nitrogen and oxygen atoms in total. The van der Waals surface area contributed by atoms with Gasteiger partial charge in [0.25, 0.3) is 5.91 Å². The molecule has 0 atom stereocenters. The molecule has 2 aromatic heterocycles. The molecule has 0 radical (unpaired) electrons. The van der Waals surface area contributed by atoms with Crippen LogP contribution in [0.15, 0.2) is 85.3 Å². The summed E-state index contributed by atoms with van der Waals surface area (Å²) >= 11 is 0. The van der Waals surface area contributed by atoms with E-state index < -0.39 is 17.5 Å². The number of halogens is 2. The normalized spacial score (nSPS) is 10.9. The van der Waals surface area contributed by atoms with Gasteiger partial charge in [-0.2, -0.15) is 0 Å². The molecule has 1 amide bonds. The zero-order valence-electron chi connectivity index (χ0n) is 19.6. The Morgan fingerprint density at radius 3 is 2.59 bits per heavy atom. The number of fused-ring (bicyclic) bond motifs is 1. The number of nitrogens with zero attached hydrogens (tertiary/aromatic N) is 3. The quantitative estimate of drug-likeness (QED) is 0.290. The van der Waals surface area contributed by atoms with Crippen molar-refractivity contribution in [1.29, 1.82) is 0 Å². The predicted molar refractivity (Wildman–Crippen MR) is 138 cm³/mol. The summed E-state index contributed by atoms with van der Waals surface area (Å²) in [7, 11) is 0. The number of benzene rings is 3. The zero-order valence-corrected chi connectivity index (χ0v) is 19.6. The van der Waals surface area contributed by atoms with Gasteiger partial charge in [0, 0.05) is 24.7 Å². The Kier molecular flexibility index (Phi) is 6.67. The minimum absolute atomic E-state index is 0.0437. The molecule has 0 fully saturated rings. The Morgan fingerprint density at radius 1 is 0.865 bits per heavy atom. The molecule has 0 saturated heterocycles. The lowest BCUT2D eigenvalue weighted by molar-refractivity contribution is 0.0951. The third-order valence-corrected chi connectivity index (χ3v) is 5.93. The van der Waals surface area contributed by atoms with Crippen molar-refractivity contribution in [3.63, 3.8) is 0 Å². The third-order valence-electron chi connectivity index (χ3n) is 5.93. The molecule has 0 aliphatic rings. The number of hydrogen-bond acceptors (Lipinski definition) is 6. The molecule has 5 rings (SSSR count). The van der Waals surface area contributed by atoms with Crippen LogP contribution >= 0.6 is 0 Å². The van der Waals surface area contributed by atoms with E-state index in [1.165, 1.54) is 12.4 Å². The van der Waals surface area contributed by atoms with Gasteiger partial charge in [-0.25, -0.2) is 23.7 Å². The number of nitrogens with one attached hydrogen (secondary N) is 2. The molecule has 2 heterocycles. The Hall–Kier alpha value is -4.92. The van der Waals surface area contributed by atoms with Crippen LogP contribution in [0.25, 0.3) is 22.0 Å². The summed E-state index contributed by atoms with van der Waals surface area (Å²) < 4.78 is 26.7. The molecule has 4 N–H and O–H groups in total. The minimum Gasteiger partial charge on any atom is -0.383 e. The Morgan fingerprint density at radius 2 is 1.73 bits per heavy atom. The maximum atomic E-state index is 13.5. The largest absolute Gasteiger partial charge is 0.383 e. The van der Waals surface area contributed by atoms with Crippen molar-refractivity contribution in [2.45, 2.75) is 13.1 Å². The van der Waals surface area contributed by atoms with Gasteiger partial charge in [0.15, 0.2) is 11.6 Å². The van der Waals surface area contributed by atoms with Crippen LogP contribution < -0.4 is 16.4 Å². The second-order valence-corrected chi connectivity index (χ2v) is 8.33. The van der Waals surface area contributed by atoms with E-state index in [0.717, 1.165) is 39.7 Å². The van der Waals surface area contributed by atoms with Gasteiger partial charge in [-0.05, 0) is 58.7 Å². The van der Waals surface area contributed by atoms with Crippen molar-refractivity contribution >= 4 is 28.4 Å². The number of nitrogen functional groups attached to an aromatic ring is 1. The van der Waals surface area contributed by atoms with E-state index in [0.29, 0.717) is 29.3 Å². The zero-order chi connectivity index (χ0) is 25.8. The van der Waals surface area contributed by atoms with Crippen molar-refractivity contribution in [2.75, 3.05) is 11.1 Å². The molecule has 0 saturated carbocycles. The molecule has 0 unspecified atom stereocenters. The SMILES string of the molecule is Nc1ncnc2ccc(-c3ccccc3CNc3ncccc3C(=O)NCc3ccc(F)c(F)c3)cc12. The van der Waals surface area contributed by atoms with E-state index in [2.05, 4.69) is 25.6 Å². The molecule has 0 spiro atoms. The second-order valence-electron chi connectivity index (χ2n) is 8.33. The van der Waals surface area contributed by atoms with Gasteiger partial charge in [0.1, 0.15) is 18.0 Å². The molecule has 0 aliphatic heterocycles. The molecule has 184 valence electrons. The van der Waals surface area contributed by atoms with Gasteiger partial charge in [-0.15, -0.1) is 0 Å². The summed E-state index contributed by atoms with van der Waals surface area (Å²) in [5.41, 5.74) is 10.5. The number of pyridine rings is 1. The van der Waals surface area contributed by atoms with Crippen LogP contribution in [0.3, 0.4) is 0 Å². The van der Waals surface area contributed by atoms with E-state index in [1.807, 2.05) is 42.5 Å². The molecular formula is C28H22F2N6O. The van der Waals surface area contributed by atoms with Gasteiger partial charge in [0.05, 0.1) is 11.1 Å². The average Bonchev–Trinajstić information content (AvgIpc) is 2.93. The number of nitrogens with two attached hydrogens (primary N) is 1. The fraction of sp³-hybridized carbons (Fsp3) is 0.0714. The predicted octanol–water partition coefficient (Wildman–Crippen LogP) is 5.09. The summed E-state index contributed by atoms with van der Waals surface area (Å²) in [6.07, 6.45) is 3.03. The van der Waals surface area contributed by atoms with Crippen molar-refractivity contribution < 1.29 is 13.6 Å². The lowest BCUT2D eigenvalue weighted by atomic mass is 9.98. The standard InChI is InChI=1S/C28H22F2N6O/c29-23-9-7-17(12-24(23)30)14-34-28(37)21-6-3-11-32-27(21)33-15-19-4-1-2-5-20(19)18-8-10-25-22(13-18)26(31)36-16-35-25/h1-13,16H,14-15H2,(H,32,33)(H,34,37)(H2,31,35,36). The van der Waals surface area contributed by atoms with Crippen LogP contribution in [0, 0.1) is 11.6 Å². The van der Waals surface area contributed by atoms with Crippen LogP contribution in [0.5, 0.6) is 0 Å². The second kappa shape index (κ2) is 10.4. The summed E-state index contributed by atoms with van der Waals surface area (Å²) in [4.78, 5) is 25.5. The number of amides is 1. The topological polar surface area (TPSA) is 106 Å². The van der Waals surface area contributed by atoms with E-state index in [-0.39, 0.29) is 6.54 Å². The lowest BCUT2D eigenvalue weighted by Gasteiger charge is -2.14. The van der Waals surface area contributed by atoms with E-state index in [4.69, 9.17) is 5.73 Å². The first kappa shape index (κ1) is 23.8. The maximum Gasteiger partial charge on any atom is 0.255 e. The average molecular weight is 497 g/mol. The lowest BCUT2D eigenvalue weighted by Crippen LogP contribution is -2.24. The van der Waals surface area contributed by atoms with E-state index in [9.17, 15) is 13.6 Å². The van der Waals surface area contributed by atoms with Gasteiger partial charge in [-0.3, -0.25) is 4.79 Å². The molecule has 37 heavy (non-hydrogen) atoms. The molecular weight excluding hydrogens is 474 g/mol. The van der Waals surface area contributed by atoms with Gasteiger partial charge in [-0.1, -0.05) is 36.4 Å². The Balaban J connectivity index is 1.34.